The van der Waals surface area contributed by atoms with Gasteiger partial charge >= 0.3 is 5.97 Å². The Bertz CT molecular complexity index is 1170. The Kier molecular flexibility index (Phi) is 10.6. The molecule has 1 spiro atoms. The molecule has 10 nitrogen and oxygen atoms in total. The van der Waals surface area contributed by atoms with Crippen LogP contribution in [0.3, 0.4) is 0 Å². The van der Waals surface area contributed by atoms with E-state index >= 15 is 0 Å². The number of nitrogens with one attached hydrogen (secondary N) is 1. The van der Waals surface area contributed by atoms with E-state index in [0.717, 1.165) is 49.2 Å². The number of aliphatic hydroxyl groups excluding tert-OH is 1. The van der Waals surface area contributed by atoms with Crippen LogP contribution in [0.25, 0.3) is 0 Å². The Morgan fingerprint density at radius 3 is 2.38 bits per heavy atom. The molecule has 0 unspecified atom stereocenters. The Morgan fingerprint density at radius 1 is 0.929 bits per heavy atom. The first-order chi connectivity index (χ1) is 20.4. The van der Waals surface area contributed by atoms with E-state index in [0.29, 0.717) is 51.0 Å². The second kappa shape index (κ2) is 14.5. The Labute approximate surface area is 246 Å². The zero-order chi connectivity index (χ0) is 29.4. The minimum atomic E-state index is -0.812. The standard InChI is InChI=1S/C32H42N2O8/c35-22-23-9-11-24(12-10-23)28-20-27(21-34-15-13-32(14-16-34)39-17-18-40-32)41-31(42-28)25-5-4-6-26(19-25)33-29(36)7-2-1-3-8-30(37)38/h4-6,9-12,19,27-28,31,35H,1-3,7-8,13-18,20-22H2,(H,33,36)(H,37,38)/t27-,28+,31+/m0/s1. The largest absolute Gasteiger partial charge is 0.481 e. The Morgan fingerprint density at radius 2 is 1.67 bits per heavy atom. The second-order valence-corrected chi connectivity index (χ2v) is 11.4. The first-order valence-electron chi connectivity index (χ1n) is 15.0. The van der Waals surface area contributed by atoms with Gasteiger partial charge in [-0.1, -0.05) is 42.8 Å². The summed E-state index contributed by atoms with van der Waals surface area (Å²) in [6.07, 6.45) is 3.86. The van der Waals surface area contributed by atoms with Gasteiger partial charge in [-0.3, -0.25) is 9.59 Å². The zero-order valence-corrected chi connectivity index (χ0v) is 24.0. The van der Waals surface area contributed by atoms with E-state index in [-0.39, 0.29) is 31.1 Å². The number of hydrogen-bond donors (Lipinski definition) is 3. The van der Waals surface area contributed by atoms with Crippen molar-refractivity contribution < 1.29 is 38.7 Å². The number of piperidine rings is 1. The highest BCUT2D eigenvalue weighted by Gasteiger charge is 2.41. The lowest BCUT2D eigenvalue weighted by molar-refractivity contribution is -0.255. The van der Waals surface area contributed by atoms with E-state index in [9.17, 15) is 14.7 Å². The third-order valence-corrected chi connectivity index (χ3v) is 8.25. The number of carboxylic acid groups (broad SMARTS) is 1. The topological polar surface area (TPSA) is 127 Å². The van der Waals surface area contributed by atoms with Crippen LogP contribution in [0.4, 0.5) is 5.69 Å². The number of amides is 1. The van der Waals surface area contributed by atoms with Crippen molar-refractivity contribution in [1.82, 2.24) is 4.90 Å². The number of unbranched alkanes of at least 4 members (excludes halogenated alkanes) is 2. The summed E-state index contributed by atoms with van der Waals surface area (Å²) in [5, 5.41) is 21.2. The van der Waals surface area contributed by atoms with Crippen molar-refractivity contribution in [3.05, 3.63) is 65.2 Å². The van der Waals surface area contributed by atoms with E-state index in [4.69, 9.17) is 24.1 Å². The summed E-state index contributed by atoms with van der Waals surface area (Å²) in [5.41, 5.74) is 3.37. The molecule has 0 saturated carbocycles. The van der Waals surface area contributed by atoms with Gasteiger partial charge in [0, 0.05) is 63.0 Å². The molecule has 2 aromatic rings. The van der Waals surface area contributed by atoms with Crippen LogP contribution >= 0.6 is 0 Å². The average Bonchev–Trinajstić information content (AvgIpc) is 3.46. The molecule has 3 fully saturated rings. The lowest BCUT2D eigenvalue weighted by Crippen LogP contribution is -2.48. The minimum absolute atomic E-state index is 0.00904. The molecule has 228 valence electrons. The molecule has 10 heteroatoms. The van der Waals surface area contributed by atoms with Gasteiger partial charge in [0.15, 0.2) is 12.1 Å². The van der Waals surface area contributed by atoms with Crippen LogP contribution in [0.15, 0.2) is 48.5 Å². The minimum Gasteiger partial charge on any atom is -0.481 e. The van der Waals surface area contributed by atoms with E-state index < -0.39 is 18.0 Å². The second-order valence-electron chi connectivity index (χ2n) is 11.4. The van der Waals surface area contributed by atoms with Gasteiger partial charge in [-0.05, 0) is 36.1 Å². The summed E-state index contributed by atoms with van der Waals surface area (Å²) in [7, 11) is 0. The molecule has 1 amide bonds. The number of carbonyl (C=O) groups excluding carboxylic acids is 1. The number of aliphatic hydroxyl groups is 1. The molecule has 3 aliphatic heterocycles. The fourth-order valence-electron chi connectivity index (χ4n) is 5.91. The average molecular weight is 583 g/mol. The van der Waals surface area contributed by atoms with Crippen LogP contribution in [0, 0.1) is 0 Å². The number of ether oxygens (including phenoxy) is 4. The quantitative estimate of drug-likeness (QED) is 0.309. The Hall–Kier alpha value is -2.86. The predicted octanol–water partition coefficient (Wildman–Crippen LogP) is 4.54. The number of nitrogens with zero attached hydrogens (tertiary/aromatic N) is 1. The van der Waals surface area contributed by atoms with E-state index in [1.807, 2.05) is 48.5 Å². The summed E-state index contributed by atoms with van der Waals surface area (Å²) in [6, 6.07) is 15.4. The number of anilines is 1. The van der Waals surface area contributed by atoms with Gasteiger partial charge in [0.05, 0.1) is 32.0 Å². The van der Waals surface area contributed by atoms with Crippen LogP contribution in [0.5, 0.6) is 0 Å². The van der Waals surface area contributed by atoms with Crippen LogP contribution in [0.1, 0.15) is 80.5 Å². The lowest BCUT2D eigenvalue weighted by atomic mass is 9.98. The van der Waals surface area contributed by atoms with Gasteiger partial charge in [0.1, 0.15) is 0 Å². The van der Waals surface area contributed by atoms with Crippen molar-refractivity contribution in [2.75, 3.05) is 38.2 Å². The third kappa shape index (κ3) is 8.37. The number of carboxylic acids is 1. The van der Waals surface area contributed by atoms with Gasteiger partial charge in [-0.25, -0.2) is 0 Å². The summed E-state index contributed by atoms with van der Waals surface area (Å²) < 4.78 is 24.8. The summed E-state index contributed by atoms with van der Waals surface area (Å²) in [6.45, 7) is 3.82. The van der Waals surface area contributed by atoms with E-state index in [1.54, 1.807) is 0 Å². The number of rotatable bonds is 12. The first kappa shape index (κ1) is 30.6. The highest BCUT2D eigenvalue weighted by Crippen LogP contribution is 2.39. The van der Waals surface area contributed by atoms with Gasteiger partial charge in [-0.15, -0.1) is 0 Å². The molecule has 0 aliphatic carbocycles. The molecule has 3 N–H and O–H groups in total. The number of benzene rings is 2. The van der Waals surface area contributed by atoms with E-state index in [2.05, 4.69) is 10.2 Å². The van der Waals surface area contributed by atoms with Crippen molar-refractivity contribution in [3.63, 3.8) is 0 Å². The fourth-order valence-corrected chi connectivity index (χ4v) is 5.91. The van der Waals surface area contributed by atoms with Crippen LogP contribution < -0.4 is 5.32 Å². The molecule has 3 saturated heterocycles. The van der Waals surface area contributed by atoms with Gasteiger partial charge in [0.2, 0.25) is 5.91 Å². The highest BCUT2D eigenvalue weighted by atomic mass is 16.7. The van der Waals surface area contributed by atoms with Crippen molar-refractivity contribution in [1.29, 1.82) is 0 Å². The zero-order valence-electron chi connectivity index (χ0n) is 24.0. The molecule has 3 aliphatic rings. The van der Waals surface area contributed by atoms with E-state index in [1.165, 1.54) is 0 Å². The molecule has 42 heavy (non-hydrogen) atoms. The van der Waals surface area contributed by atoms with Crippen molar-refractivity contribution in [3.8, 4) is 0 Å². The molecular weight excluding hydrogens is 540 g/mol. The smallest absolute Gasteiger partial charge is 0.303 e. The van der Waals surface area contributed by atoms with Crippen LogP contribution in [0.2, 0.25) is 0 Å². The number of carbonyl (C=O) groups is 2. The molecule has 2 aromatic carbocycles. The molecule has 5 rings (SSSR count). The molecule has 0 aromatic heterocycles. The van der Waals surface area contributed by atoms with Crippen LogP contribution in [-0.4, -0.2) is 71.7 Å². The maximum Gasteiger partial charge on any atom is 0.303 e. The normalized spacial score (nSPS) is 24.1. The summed E-state index contributed by atoms with van der Waals surface area (Å²) in [4.78, 5) is 25.6. The van der Waals surface area contributed by atoms with Gasteiger partial charge < -0.3 is 39.4 Å². The monoisotopic (exact) mass is 582 g/mol. The highest BCUT2D eigenvalue weighted by molar-refractivity contribution is 5.90. The number of hydrogen-bond acceptors (Lipinski definition) is 8. The lowest BCUT2D eigenvalue weighted by Gasteiger charge is -2.41. The third-order valence-electron chi connectivity index (χ3n) is 8.25. The summed E-state index contributed by atoms with van der Waals surface area (Å²) >= 11 is 0. The number of likely N-dealkylation sites (tertiary alicyclic amines) is 1. The Balaban J connectivity index is 1.23. The van der Waals surface area contributed by atoms with Crippen molar-refractivity contribution >= 4 is 17.6 Å². The maximum absolute atomic E-state index is 12.5. The van der Waals surface area contributed by atoms with Crippen molar-refractivity contribution in [2.45, 2.75) is 82.3 Å². The van der Waals surface area contributed by atoms with Gasteiger partial charge in [-0.2, -0.15) is 0 Å². The fraction of sp³-hybridized carbons (Fsp3) is 0.562. The molecular formula is C32H42N2O8. The molecule has 0 bridgehead atoms. The SMILES string of the molecule is O=C(O)CCCCCC(=O)Nc1cccc([C@@H]2O[C@H](CN3CCC4(CC3)OCCO4)C[C@H](c3ccc(CO)cc3)O2)c1. The molecule has 0 radical (unpaired) electrons. The predicted molar refractivity (Wildman–Crippen MR) is 155 cm³/mol. The van der Waals surface area contributed by atoms with Crippen LogP contribution in [-0.2, 0) is 35.1 Å². The van der Waals surface area contributed by atoms with Gasteiger partial charge in [0.25, 0.3) is 0 Å². The number of aliphatic carboxylic acids is 1. The maximum atomic E-state index is 12.5. The molecule has 3 atom stereocenters. The summed E-state index contributed by atoms with van der Waals surface area (Å²) in [5.74, 6) is -1.34. The van der Waals surface area contributed by atoms with Crippen molar-refractivity contribution in [2.24, 2.45) is 0 Å². The first-order valence-corrected chi connectivity index (χ1v) is 15.0. The molecule has 3 heterocycles.